The third-order valence-corrected chi connectivity index (χ3v) is 3.41. The number of fused-ring (bicyclic) bond motifs is 1. The quantitative estimate of drug-likeness (QED) is 0.258. The van der Waals surface area contributed by atoms with E-state index in [9.17, 15) is 10.2 Å². The molecule has 1 saturated heterocycles. The summed E-state index contributed by atoms with van der Waals surface area (Å²) in [5.41, 5.74) is 8.63. The molecule has 1 fully saturated rings. The van der Waals surface area contributed by atoms with Gasteiger partial charge in [0.1, 0.15) is 24.6 Å². The van der Waals surface area contributed by atoms with Crippen LogP contribution in [0.25, 0.3) is 11.2 Å². The molecule has 3 rings (SSSR count). The van der Waals surface area contributed by atoms with Crippen molar-refractivity contribution in [2.45, 2.75) is 24.5 Å². The summed E-state index contributed by atoms with van der Waals surface area (Å²) in [6.45, 7) is -0.441. The Morgan fingerprint density at radius 3 is 2.71 bits per heavy atom. The SMILES string of the molecule is NNc1nc2c(N)ncnc2n1[C@H]1O[C@@H](CO)[C@H](O)[C@@H]1O. The number of hydrogen-bond acceptors (Lipinski definition) is 10. The van der Waals surface area contributed by atoms with Crippen molar-refractivity contribution in [1.29, 1.82) is 0 Å². The van der Waals surface area contributed by atoms with E-state index in [1.807, 2.05) is 0 Å². The van der Waals surface area contributed by atoms with Crippen LogP contribution in [0.1, 0.15) is 6.23 Å². The average molecular weight is 297 g/mol. The zero-order valence-corrected chi connectivity index (χ0v) is 10.8. The largest absolute Gasteiger partial charge is 0.394 e. The maximum Gasteiger partial charge on any atom is 0.221 e. The summed E-state index contributed by atoms with van der Waals surface area (Å²) in [5.74, 6) is 5.68. The number of ether oxygens (including phenoxy) is 1. The highest BCUT2D eigenvalue weighted by Crippen LogP contribution is 2.34. The van der Waals surface area contributed by atoms with Crippen molar-refractivity contribution in [3.05, 3.63) is 6.33 Å². The predicted octanol–water partition coefficient (Wildman–Crippen LogP) is -2.69. The summed E-state index contributed by atoms with van der Waals surface area (Å²) in [6, 6.07) is 0. The monoisotopic (exact) mass is 297 g/mol. The van der Waals surface area contributed by atoms with Crippen molar-refractivity contribution in [3.63, 3.8) is 0 Å². The van der Waals surface area contributed by atoms with Gasteiger partial charge in [0, 0.05) is 0 Å². The van der Waals surface area contributed by atoms with E-state index in [4.69, 9.17) is 21.4 Å². The van der Waals surface area contributed by atoms with Gasteiger partial charge >= 0.3 is 0 Å². The van der Waals surface area contributed by atoms with Crippen molar-refractivity contribution in [2.75, 3.05) is 17.8 Å². The smallest absolute Gasteiger partial charge is 0.221 e. The molecule has 0 bridgehead atoms. The van der Waals surface area contributed by atoms with Gasteiger partial charge in [0.2, 0.25) is 5.95 Å². The number of aliphatic hydroxyl groups excluding tert-OH is 3. The first-order chi connectivity index (χ1) is 10.1. The Balaban J connectivity index is 2.14. The highest BCUT2D eigenvalue weighted by molar-refractivity contribution is 5.84. The van der Waals surface area contributed by atoms with E-state index < -0.39 is 31.1 Å². The van der Waals surface area contributed by atoms with Crippen LogP contribution in [0.15, 0.2) is 6.33 Å². The molecule has 4 atom stereocenters. The van der Waals surface area contributed by atoms with E-state index in [2.05, 4.69) is 20.4 Å². The molecule has 11 heteroatoms. The van der Waals surface area contributed by atoms with Gasteiger partial charge in [-0.1, -0.05) is 0 Å². The summed E-state index contributed by atoms with van der Waals surface area (Å²) in [7, 11) is 0. The molecule has 0 unspecified atom stereocenters. The maximum absolute atomic E-state index is 10.1. The van der Waals surface area contributed by atoms with Crippen LogP contribution >= 0.6 is 0 Å². The molecule has 0 saturated carbocycles. The van der Waals surface area contributed by atoms with Crippen molar-refractivity contribution >= 4 is 22.9 Å². The highest BCUT2D eigenvalue weighted by atomic mass is 16.6. The molecule has 1 aliphatic rings. The van der Waals surface area contributed by atoms with E-state index in [0.717, 1.165) is 0 Å². The van der Waals surface area contributed by atoms with Gasteiger partial charge in [-0.15, -0.1) is 0 Å². The third kappa shape index (κ3) is 1.99. The first-order valence-electron chi connectivity index (χ1n) is 6.16. The van der Waals surface area contributed by atoms with Crippen LogP contribution in [-0.4, -0.2) is 59.8 Å². The summed E-state index contributed by atoms with van der Waals surface area (Å²) < 4.78 is 6.80. The number of nitrogens with one attached hydrogen (secondary N) is 1. The van der Waals surface area contributed by atoms with Gasteiger partial charge in [-0.3, -0.25) is 9.99 Å². The molecule has 114 valence electrons. The summed E-state index contributed by atoms with van der Waals surface area (Å²) in [4.78, 5) is 12.0. The number of hydrazine groups is 1. The van der Waals surface area contributed by atoms with Gasteiger partial charge in [-0.25, -0.2) is 20.8 Å². The normalized spacial score (nSPS) is 29.1. The van der Waals surface area contributed by atoms with Crippen LogP contribution < -0.4 is 17.0 Å². The van der Waals surface area contributed by atoms with Crippen molar-refractivity contribution < 1.29 is 20.1 Å². The first kappa shape index (κ1) is 13.9. The average Bonchev–Trinajstić information content (AvgIpc) is 2.99. The van der Waals surface area contributed by atoms with Gasteiger partial charge in [0.15, 0.2) is 23.2 Å². The van der Waals surface area contributed by atoms with Crippen LogP contribution in [0.4, 0.5) is 11.8 Å². The summed E-state index contributed by atoms with van der Waals surface area (Å²) in [5, 5.41) is 29.1. The molecule has 11 nitrogen and oxygen atoms in total. The molecule has 21 heavy (non-hydrogen) atoms. The highest BCUT2D eigenvalue weighted by Gasteiger charge is 2.45. The molecule has 0 spiro atoms. The summed E-state index contributed by atoms with van der Waals surface area (Å²) >= 11 is 0. The van der Waals surface area contributed by atoms with Crippen LogP contribution in [0.3, 0.4) is 0 Å². The number of imidazole rings is 1. The Kier molecular flexibility index (Phi) is 3.35. The van der Waals surface area contributed by atoms with Crippen molar-refractivity contribution in [1.82, 2.24) is 19.5 Å². The second kappa shape index (κ2) is 5.05. The Bertz CT molecular complexity index is 662. The number of anilines is 2. The number of nitrogens with zero attached hydrogens (tertiary/aromatic N) is 4. The fourth-order valence-electron chi connectivity index (χ4n) is 2.36. The van der Waals surface area contributed by atoms with Crippen LogP contribution in [0, 0.1) is 0 Å². The maximum atomic E-state index is 10.1. The lowest BCUT2D eigenvalue weighted by atomic mass is 10.1. The Morgan fingerprint density at radius 1 is 1.33 bits per heavy atom. The fraction of sp³-hybridized carbons (Fsp3) is 0.500. The van der Waals surface area contributed by atoms with E-state index >= 15 is 0 Å². The zero-order chi connectivity index (χ0) is 15.1. The number of rotatable bonds is 3. The fourth-order valence-corrected chi connectivity index (χ4v) is 2.36. The minimum absolute atomic E-state index is 0.132. The lowest BCUT2D eigenvalue weighted by molar-refractivity contribution is -0.0501. The van der Waals surface area contributed by atoms with Gasteiger partial charge in [-0.05, 0) is 0 Å². The van der Waals surface area contributed by atoms with Crippen molar-refractivity contribution in [3.8, 4) is 0 Å². The Hall–Kier alpha value is -2.05. The van der Waals surface area contributed by atoms with Gasteiger partial charge in [-0.2, -0.15) is 0 Å². The molecule has 0 amide bonds. The lowest BCUT2D eigenvalue weighted by Crippen LogP contribution is -2.33. The number of nitrogen functional groups attached to an aromatic ring is 2. The molecular formula is C10H15N7O4. The van der Waals surface area contributed by atoms with Crippen LogP contribution in [0.2, 0.25) is 0 Å². The second-order valence-corrected chi connectivity index (χ2v) is 4.61. The van der Waals surface area contributed by atoms with E-state index in [0.29, 0.717) is 0 Å². The molecule has 0 aliphatic carbocycles. The first-order valence-corrected chi connectivity index (χ1v) is 6.16. The Labute approximate surface area is 118 Å². The predicted molar refractivity (Wildman–Crippen MR) is 70.6 cm³/mol. The van der Waals surface area contributed by atoms with Gasteiger partial charge in [0.05, 0.1) is 6.61 Å². The molecular weight excluding hydrogens is 282 g/mol. The molecule has 3 heterocycles. The molecule has 0 aromatic carbocycles. The number of aromatic nitrogens is 4. The van der Waals surface area contributed by atoms with Gasteiger partial charge in [0.25, 0.3) is 0 Å². The van der Waals surface area contributed by atoms with Crippen molar-refractivity contribution in [2.24, 2.45) is 5.84 Å². The molecule has 2 aromatic rings. The molecule has 2 aromatic heterocycles. The molecule has 8 N–H and O–H groups in total. The van der Waals surface area contributed by atoms with E-state index in [1.54, 1.807) is 0 Å². The minimum atomic E-state index is -1.29. The number of hydrogen-bond donors (Lipinski definition) is 6. The van der Waals surface area contributed by atoms with Crippen LogP contribution in [0.5, 0.6) is 0 Å². The van der Waals surface area contributed by atoms with E-state index in [-0.39, 0.29) is 22.9 Å². The zero-order valence-electron chi connectivity index (χ0n) is 10.8. The molecule has 0 radical (unpaired) electrons. The lowest BCUT2D eigenvalue weighted by Gasteiger charge is -2.18. The molecule has 1 aliphatic heterocycles. The summed E-state index contributed by atoms with van der Waals surface area (Å²) in [6.07, 6.45) is -3.25. The van der Waals surface area contributed by atoms with E-state index in [1.165, 1.54) is 10.9 Å². The topological polar surface area (TPSA) is 178 Å². The number of nitrogens with two attached hydrogens (primary N) is 2. The van der Waals surface area contributed by atoms with Crippen LogP contribution in [-0.2, 0) is 4.74 Å². The second-order valence-electron chi connectivity index (χ2n) is 4.61. The Morgan fingerprint density at radius 2 is 2.10 bits per heavy atom. The minimum Gasteiger partial charge on any atom is -0.394 e. The van der Waals surface area contributed by atoms with Gasteiger partial charge < -0.3 is 25.8 Å². The standard InChI is InChI=1S/C10H15N7O4/c11-7-4-8(14-2-13-7)17(10(15-4)16-12)9-6(20)5(19)3(1-18)21-9/h2-3,5-6,9,18-20H,1,12H2,(H,15,16)(H2,11,13,14)/t3-,5-,6-,9-/m0/s1. The third-order valence-electron chi connectivity index (χ3n) is 3.41. The number of aliphatic hydroxyl groups is 3.